The Balaban J connectivity index is 1.94. The molecule has 0 bridgehead atoms. The SMILES string of the molecule is COCc1cc(C(=O)OC)cc(S(=O)(=O)Nc2cnccc2N2CCN(C)CC2)c1. The lowest BCUT2D eigenvalue weighted by molar-refractivity contribution is 0.0600. The molecule has 1 fully saturated rings. The Labute approximate surface area is 176 Å². The molecule has 0 spiro atoms. The third kappa shape index (κ3) is 5.07. The number of benzene rings is 1. The molecule has 0 unspecified atom stereocenters. The first-order chi connectivity index (χ1) is 14.3. The second-order valence-corrected chi connectivity index (χ2v) is 8.76. The van der Waals surface area contributed by atoms with Crippen molar-refractivity contribution in [2.24, 2.45) is 0 Å². The number of carbonyl (C=O) groups is 1. The summed E-state index contributed by atoms with van der Waals surface area (Å²) < 4.78 is 38.8. The number of pyridine rings is 1. The summed E-state index contributed by atoms with van der Waals surface area (Å²) >= 11 is 0. The molecule has 1 saturated heterocycles. The van der Waals surface area contributed by atoms with Gasteiger partial charge < -0.3 is 19.3 Å². The molecule has 162 valence electrons. The van der Waals surface area contributed by atoms with Crippen LogP contribution in [-0.4, -0.2) is 71.7 Å². The number of anilines is 2. The number of nitrogens with one attached hydrogen (secondary N) is 1. The number of sulfonamides is 1. The van der Waals surface area contributed by atoms with Crippen LogP contribution in [0.25, 0.3) is 0 Å². The predicted octanol–water partition coefficient (Wildman–Crippen LogP) is 1.57. The monoisotopic (exact) mass is 434 g/mol. The van der Waals surface area contributed by atoms with E-state index in [0.29, 0.717) is 11.3 Å². The topological polar surface area (TPSA) is 101 Å². The number of methoxy groups -OCH3 is 2. The summed E-state index contributed by atoms with van der Waals surface area (Å²) in [5.74, 6) is -0.621. The highest BCUT2D eigenvalue weighted by molar-refractivity contribution is 7.92. The fourth-order valence-corrected chi connectivity index (χ4v) is 4.45. The molecule has 0 atom stereocenters. The highest BCUT2D eigenvalue weighted by Crippen LogP contribution is 2.28. The van der Waals surface area contributed by atoms with E-state index in [9.17, 15) is 13.2 Å². The van der Waals surface area contributed by atoms with Gasteiger partial charge in [0.05, 0.1) is 41.7 Å². The highest BCUT2D eigenvalue weighted by Gasteiger charge is 2.23. The Bertz CT molecular complexity index is 1000. The summed E-state index contributed by atoms with van der Waals surface area (Å²) in [5, 5.41) is 0. The molecule has 3 rings (SSSR count). The molecule has 10 heteroatoms. The Morgan fingerprint density at radius 1 is 1.17 bits per heavy atom. The predicted molar refractivity (Wildman–Crippen MR) is 113 cm³/mol. The number of nitrogens with zero attached hydrogens (tertiary/aromatic N) is 3. The van der Waals surface area contributed by atoms with E-state index in [1.165, 1.54) is 32.5 Å². The van der Waals surface area contributed by atoms with Crippen molar-refractivity contribution in [3.05, 3.63) is 47.8 Å². The van der Waals surface area contributed by atoms with Gasteiger partial charge in [0, 0.05) is 39.5 Å². The van der Waals surface area contributed by atoms with Gasteiger partial charge in [-0.2, -0.15) is 0 Å². The van der Waals surface area contributed by atoms with E-state index in [1.807, 2.05) is 0 Å². The summed E-state index contributed by atoms with van der Waals surface area (Å²) in [7, 11) is 0.815. The first-order valence-corrected chi connectivity index (χ1v) is 10.9. The minimum Gasteiger partial charge on any atom is -0.465 e. The fourth-order valence-electron chi connectivity index (χ4n) is 3.29. The third-order valence-corrected chi connectivity index (χ3v) is 6.24. The van der Waals surface area contributed by atoms with Gasteiger partial charge in [-0.25, -0.2) is 13.2 Å². The first kappa shape index (κ1) is 22.0. The van der Waals surface area contributed by atoms with Gasteiger partial charge in [-0.15, -0.1) is 0 Å². The maximum Gasteiger partial charge on any atom is 0.337 e. The molecule has 0 radical (unpaired) electrons. The van der Waals surface area contributed by atoms with E-state index in [-0.39, 0.29) is 17.1 Å². The molecule has 2 heterocycles. The zero-order valence-corrected chi connectivity index (χ0v) is 18.1. The number of aromatic nitrogens is 1. The van der Waals surface area contributed by atoms with Crippen LogP contribution in [0.4, 0.5) is 11.4 Å². The molecule has 1 aliphatic rings. The maximum absolute atomic E-state index is 13.1. The molecule has 1 N–H and O–H groups in total. The number of rotatable bonds is 7. The molecule has 1 aromatic heterocycles. The Kier molecular flexibility index (Phi) is 6.91. The van der Waals surface area contributed by atoms with E-state index in [1.54, 1.807) is 18.3 Å². The van der Waals surface area contributed by atoms with Gasteiger partial charge in [0.1, 0.15) is 0 Å². The number of carbonyl (C=O) groups excluding carboxylic acids is 1. The average molecular weight is 435 g/mol. The summed E-state index contributed by atoms with van der Waals surface area (Å²) in [5.41, 5.74) is 1.84. The van der Waals surface area contributed by atoms with E-state index in [2.05, 4.69) is 26.6 Å². The summed E-state index contributed by atoms with van der Waals surface area (Å²) in [6.07, 6.45) is 3.13. The molecule has 0 saturated carbocycles. The van der Waals surface area contributed by atoms with Crippen LogP contribution >= 0.6 is 0 Å². The quantitative estimate of drug-likeness (QED) is 0.656. The molecular formula is C20H26N4O5S. The van der Waals surface area contributed by atoms with E-state index in [4.69, 9.17) is 9.47 Å². The minimum atomic E-state index is -3.98. The maximum atomic E-state index is 13.1. The van der Waals surface area contributed by atoms with Crippen LogP contribution in [0.15, 0.2) is 41.6 Å². The zero-order chi connectivity index (χ0) is 21.7. The largest absolute Gasteiger partial charge is 0.465 e. The zero-order valence-electron chi connectivity index (χ0n) is 17.3. The Morgan fingerprint density at radius 2 is 1.90 bits per heavy atom. The summed E-state index contributed by atoms with van der Waals surface area (Å²) in [6, 6.07) is 6.11. The van der Waals surface area contributed by atoms with Gasteiger partial charge >= 0.3 is 5.97 Å². The minimum absolute atomic E-state index is 0.0503. The number of piperazine rings is 1. The second kappa shape index (κ2) is 9.41. The lowest BCUT2D eigenvalue weighted by atomic mass is 10.1. The van der Waals surface area contributed by atoms with Gasteiger partial charge in [-0.05, 0) is 36.9 Å². The van der Waals surface area contributed by atoms with Crippen LogP contribution in [0.3, 0.4) is 0 Å². The molecular weight excluding hydrogens is 408 g/mol. The second-order valence-electron chi connectivity index (χ2n) is 7.08. The van der Waals surface area contributed by atoms with Crippen molar-refractivity contribution < 1.29 is 22.7 Å². The number of esters is 1. The van der Waals surface area contributed by atoms with Gasteiger partial charge in [0.15, 0.2) is 0 Å². The van der Waals surface area contributed by atoms with Crippen LogP contribution < -0.4 is 9.62 Å². The van der Waals surface area contributed by atoms with Crippen LogP contribution in [-0.2, 0) is 26.1 Å². The van der Waals surface area contributed by atoms with Crippen molar-refractivity contribution in [3.8, 4) is 0 Å². The lowest BCUT2D eigenvalue weighted by Crippen LogP contribution is -2.44. The third-order valence-electron chi connectivity index (χ3n) is 4.90. The van der Waals surface area contributed by atoms with E-state index >= 15 is 0 Å². The van der Waals surface area contributed by atoms with Gasteiger partial charge in [0.2, 0.25) is 0 Å². The van der Waals surface area contributed by atoms with E-state index < -0.39 is 16.0 Å². The molecule has 2 aromatic rings. The van der Waals surface area contributed by atoms with Crippen molar-refractivity contribution >= 4 is 27.4 Å². The molecule has 1 aromatic carbocycles. The number of likely N-dealkylation sites (N-methyl/N-ethyl adjacent to an activating group) is 1. The molecule has 0 aliphatic carbocycles. The Morgan fingerprint density at radius 3 is 2.57 bits per heavy atom. The normalized spacial score (nSPS) is 15.1. The number of ether oxygens (including phenoxy) is 2. The number of hydrogen-bond donors (Lipinski definition) is 1. The van der Waals surface area contributed by atoms with Crippen molar-refractivity contribution in [3.63, 3.8) is 0 Å². The van der Waals surface area contributed by atoms with Crippen LogP contribution in [0.1, 0.15) is 15.9 Å². The lowest BCUT2D eigenvalue weighted by Gasteiger charge is -2.35. The van der Waals surface area contributed by atoms with E-state index in [0.717, 1.165) is 31.9 Å². The molecule has 30 heavy (non-hydrogen) atoms. The number of hydrogen-bond acceptors (Lipinski definition) is 8. The molecule has 1 aliphatic heterocycles. The van der Waals surface area contributed by atoms with Crippen LogP contribution in [0.2, 0.25) is 0 Å². The highest BCUT2D eigenvalue weighted by atomic mass is 32.2. The van der Waals surface area contributed by atoms with Gasteiger partial charge in [-0.1, -0.05) is 0 Å². The first-order valence-electron chi connectivity index (χ1n) is 9.45. The smallest absolute Gasteiger partial charge is 0.337 e. The van der Waals surface area contributed by atoms with Crippen LogP contribution in [0.5, 0.6) is 0 Å². The van der Waals surface area contributed by atoms with Gasteiger partial charge in [-0.3, -0.25) is 9.71 Å². The Hall–Kier alpha value is -2.69. The molecule has 0 amide bonds. The van der Waals surface area contributed by atoms with Crippen molar-refractivity contribution in [2.45, 2.75) is 11.5 Å². The fraction of sp³-hybridized carbons (Fsp3) is 0.400. The van der Waals surface area contributed by atoms with Crippen LogP contribution in [0, 0.1) is 0 Å². The molecule has 9 nitrogen and oxygen atoms in total. The standard InChI is InChI=1S/C20H26N4O5S/c1-23-6-8-24(9-7-23)19-4-5-21-13-18(19)22-30(26,27)17-11-15(14-28-2)10-16(12-17)20(25)29-3/h4-5,10-13,22H,6-9,14H2,1-3H3. The summed E-state index contributed by atoms with van der Waals surface area (Å²) in [6.45, 7) is 3.50. The van der Waals surface area contributed by atoms with Gasteiger partial charge in [0.25, 0.3) is 10.0 Å². The summed E-state index contributed by atoms with van der Waals surface area (Å²) in [4.78, 5) is 20.4. The van der Waals surface area contributed by atoms with Crippen molar-refractivity contribution in [2.75, 3.05) is 57.1 Å². The van der Waals surface area contributed by atoms with Crippen molar-refractivity contribution in [1.29, 1.82) is 0 Å². The average Bonchev–Trinajstić information content (AvgIpc) is 2.74. The van der Waals surface area contributed by atoms with Crippen molar-refractivity contribution in [1.82, 2.24) is 9.88 Å².